The molecule has 0 saturated heterocycles. The van der Waals surface area contributed by atoms with Crippen LogP contribution in [0.1, 0.15) is 27.1 Å². The van der Waals surface area contributed by atoms with Gasteiger partial charge in [-0.25, -0.2) is 0 Å². The molecule has 8 heteroatoms. The van der Waals surface area contributed by atoms with Crippen LogP contribution < -0.4 is 10.1 Å². The highest BCUT2D eigenvalue weighted by molar-refractivity contribution is 6.31. The number of imide groups is 1. The molecule has 1 aromatic heterocycles. The minimum absolute atomic E-state index is 0.0267. The Bertz CT molecular complexity index is 834. The zero-order valence-corrected chi connectivity index (χ0v) is 14.0. The summed E-state index contributed by atoms with van der Waals surface area (Å²) >= 11 is 5.92. The number of fused-ring (bicyclic) bond motifs is 1. The number of carbonyl (C=O) groups excluding carboxylic acids is 3. The minimum Gasteiger partial charge on any atom is -0.495 e. The standard InChI is InChI=1S/C17H14ClN3O4/c1-25-14-3-2-10(18)8-13(14)20-15(22)5-7-21-16(23)11-4-6-19-9-12(11)17(21)24/h2-4,6,8-9H,5,7H2,1H3,(H,20,22). The van der Waals surface area contributed by atoms with E-state index in [9.17, 15) is 14.4 Å². The number of nitrogens with zero attached hydrogens (tertiary/aromatic N) is 2. The van der Waals surface area contributed by atoms with Crippen LogP contribution in [0.2, 0.25) is 5.02 Å². The number of carbonyl (C=O) groups is 3. The van der Waals surface area contributed by atoms with Crippen LogP contribution in [0.25, 0.3) is 0 Å². The third-order valence-corrected chi connectivity index (χ3v) is 4.01. The Balaban J connectivity index is 1.65. The van der Waals surface area contributed by atoms with Gasteiger partial charge in [-0.05, 0) is 24.3 Å². The number of hydrogen-bond acceptors (Lipinski definition) is 5. The first-order valence-electron chi connectivity index (χ1n) is 7.45. The number of anilines is 1. The summed E-state index contributed by atoms with van der Waals surface area (Å²) in [5.74, 6) is -0.767. The number of halogens is 1. The number of rotatable bonds is 5. The van der Waals surface area contributed by atoms with Crippen molar-refractivity contribution in [1.82, 2.24) is 9.88 Å². The number of pyridine rings is 1. The second-order valence-corrected chi connectivity index (χ2v) is 5.76. The molecule has 1 aliphatic rings. The molecule has 0 radical (unpaired) electrons. The topological polar surface area (TPSA) is 88.6 Å². The normalized spacial score (nSPS) is 13.0. The molecule has 3 rings (SSSR count). The van der Waals surface area contributed by atoms with Crippen LogP contribution in [0.5, 0.6) is 5.75 Å². The number of ether oxygens (including phenoxy) is 1. The largest absolute Gasteiger partial charge is 0.495 e. The number of amides is 3. The summed E-state index contributed by atoms with van der Waals surface area (Å²) in [4.78, 5) is 41.5. The van der Waals surface area contributed by atoms with Crippen molar-refractivity contribution in [1.29, 1.82) is 0 Å². The van der Waals surface area contributed by atoms with Crippen LogP contribution in [-0.4, -0.2) is 41.3 Å². The van der Waals surface area contributed by atoms with E-state index in [-0.39, 0.29) is 24.4 Å². The Kier molecular flexibility index (Phi) is 4.67. The van der Waals surface area contributed by atoms with Crippen molar-refractivity contribution in [2.75, 3.05) is 19.0 Å². The highest BCUT2D eigenvalue weighted by Gasteiger charge is 2.35. The van der Waals surface area contributed by atoms with Gasteiger partial charge < -0.3 is 10.1 Å². The molecule has 0 unspecified atom stereocenters. The quantitative estimate of drug-likeness (QED) is 0.828. The van der Waals surface area contributed by atoms with Gasteiger partial charge in [-0.1, -0.05) is 11.6 Å². The summed E-state index contributed by atoms with van der Waals surface area (Å²) in [6.45, 7) is -0.0267. The maximum atomic E-state index is 12.2. The molecule has 0 spiro atoms. The van der Waals surface area contributed by atoms with Crippen LogP contribution >= 0.6 is 11.6 Å². The third kappa shape index (κ3) is 3.32. The van der Waals surface area contributed by atoms with Gasteiger partial charge in [0.1, 0.15) is 5.75 Å². The van der Waals surface area contributed by atoms with Gasteiger partial charge >= 0.3 is 0 Å². The van der Waals surface area contributed by atoms with E-state index < -0.39 is 11.8 Å². The molecule has 0 saturated carbocycles. The van der Waals surface area contributed by atoms with E-state index in [4.69, 9.17) is 16.3 Å². The van der Waals surface area contributed by atoms with Crippen molar-refractivity contribution in [3.63, 3.8) is 0 Å². The average Bonchev–Trinajstić information content (AvgIpc) is 2.85. The fraction of sp³-hybridized carbons (Fsp3) is 0.176. The summed E-state index contributed by atoms with van der Waals surface area (Å²) in [5, 5.41) is 3.12. The van der Waals surface area contributed by atoms with Gasteiger partial charge in [-0.3, -0.25) is 24.3 Å². The highest BCUT2D eigenvalue weighted by atomic mass is 35.5. The van der Waals surface area contributed by atoms with E-state index in [0.717, 1.165) is 4.90 Å². The predicted molar refractivity (Wildman–Crippen MR) is 90.9 cm³/mol. The molecule has 2 heterocycles. The Morgan fingerprint density at radius 1 is 1.24 bits per heavy atom. The van der Waals surface area contributed by atoms with E-state index >= 15 is 0 Å². The lowest BCUT2D eigenvalue weighted by Gasteiger charge is -2.14. The van der Waals surface area contributed by atoms with E-state index in [1.54, 1.807) is 18.2 Å². The monoisotopic (exact) mass is 359 g/mol. The lowest BCUT2D eigenvalue weighted by Crippen LogP contribution is -2.32. The molecule has 3 amide bonds. The number of methoxy groups -OCH3 is 1. The maximum absolute atomic E-state index is 12.2. The highest BCUT2D eigenvalue weighted by Crippen LogP contribution is 2.28. The van der Waals surface area contributed by atoms with E-state index in [0.29, 0.717) is 22.0 Å². The summed E-state index contributed by atoms with van der Waals surface area (Å²) in [5.41, 5.74) is 0.980. The third-order valence-electron chi connectivity index (χ3n) is 3.77. The van der Waals surface area contributed by atoms with Gasteiger partial charge in [0, 0.05) is 30.4 Å². The van der Waals surface area contributed by atoms with Crippen molar-refractivity contribution in [2.45, 2.75) is 6.42 Å². The fourth-order valence-electron chi connectivity index (χ4n) is 2.54. The number of aromatic nitrogens is 1. The van der Waals surface area contributed by atoms with Crippen molar-refractivity contribution in [3.05, 3.63) is 52.8 Å². The van der Waals surface area contributed by atoms with Crippen molar-refractivity contribution < 1.29 is 19.1 Å². The van der Waals surface area contributed by atoms with Crippen LogP contribution in [0.4, 0.5) is 5.69 Å². The Hall–Kier alpha value is -2.93. The zero-order chi connectivity index (χ0) is 18.0. The average molecular weight is 360 g/mol. The van der Waals surface area contributed by atoms with Gasteiger partial charge in [0.15, 0.2) is 0 Å². The molecular weight excluding hydrogens is 346 g/mol. The van der Waals surface area contributed by atoms with Crippen molar-refractivity contribution >= 4 is 35.0 Å². The predicted octanol–water partition coefficient (Wildman–Crippen LogP) is 2.37. The molecule has 1 aliphatic heterocycles. The fourth-order valence-corrected chi connectivity index (χ4v) is 2.71. The molecule has 0 fully saturated rings. The van der Waals surface area contributed by atoms with Crippen molar-refractivity contribution in [3.8, 4) is 5.75 Å². The zero-order valence-electron chi connectivity index (χ0n) is 13.3. The smallest absolute Gasteiger partial charge is 0.263 e. The lowest BCUT2D eigenvalue weighted by atomic mass is 10.2. The van der Waals surface area contributed by atoms with Gasteiger partial charge in [-0.2, -0.15) is 0 Å². The lowest BCUT2D eigenvalue weighted by molar-refractivity contribution is -0.116. The molecule has 2 aromatic rings. The van der Waals surface area contributed by atoms with Crippen LogP contribution in [0, 0.1) is 0 Å². The Morgan fingerprint density at radius 2 is 2.00 bits per heavy atom. The molecule has 25 heavy (non-hydrogen) atoms. The molecule has 1 aromatic carbocycles. The minimum atomic E-state index is -0.443. The Morgan fingerprint density at radius 3 is 2.72 bits per heavy atom. The molecule has 0 bridgehead atoms. The Labute approximate surface area is 148 Å². The molecule has 0 atom stereocenters. The van der Waals surface area contributed by atoms with Gasteiger partial charge in [-0.15, -0.1) is 0 Å². The molecular formula is C17H14ClN3O4. The summed E-state index contributed by atoms with van der Waals surface area (Å²) in [6, 6.07) is 6.33. The van der Waals surface area contributed by atoms with Crippen LogP contribution in [-0.2, 0) is 4.79 Å². The first-order chi connectivity index (χ1) is 12.0. The first-order valence-corrected chi connectivity index (χ1v) is 7.82. The van der Waals surface area contributed by atoms with Gasteiger partial charge in [0.05, 0.1) is 23.9 Å². The van der Waals surface area contributed by atoms with Gasteiger partial charge in [0.2, 0.25) is 5.91 Å². The maximum Gasteiger partial charge on any atom is 0.263 e. The second-order valence-electron chi connectivity index (χ2n) is 5.33. The first kappa shape index (κ1) is 16.9. The summed E-state index contributed by atoms with van der Waals surface area (Å²) < 4.78 is 5.16. The molecule has 1 N–H and O–H groups in total. The van der Waals surface area contributed by atoms with E-state index in [2.05, 4.69) is 10.3 Å². The van der Waals surface area contributed by atoms with Crippen LogP contribution in [0.15, 0.2) is 36.7 Å². The van der Waals surface area contributed by atoms with Gasteiger partial charge in [0.25, 0.3) is 11.8 Å². The molecule has 128 valence electrons. The second kappa shape index (κ2) is 6.90. The summed E-state index contributed by atoms with van der Waals surface area (Å²) in [6.07, 6.45) is 2.76. The van der Waals surface area contributed by atoms with Crippen molar-refractivity contribution in [2.24, 2.45) is 0 Å². The number of benzene rings is 1. The van der Waals surface area contributed by atoms with E-state index in [1.807, 2.05) is 0 Å². The van der Waals surface area contributed by atoms with E-state index in [1.165, 1.54) is 25.6 Å². The van der Waals surface area contributed by atoms with Crippen LogP contribution in [0.3, 0.4) is 0 Å². The molecule has 7 nitrogen and oxygen atoms in total. The summed E-state index contributed by atoms with van der Waals surface area (Å²) in [7, 11) is 1.48. The SMILES string of the molecule is COc1ccc(Cl)cc1NC(=O)CCN1C(=O)c2ccncc2C1=O. The number of nitrogens with one attached hydrogen (secondary N) is 1. The molecule has 0 aliphatic carbocycles. The number of hydrogen-bond donors (Lipinski definition) is 1.